The maximum atomic E-state index is 11.7. The molecule has 0 saturated carbocycles. The van der Waals surface area contributed by atoms with Gasteiger partial charge >= 0.3 is 5.97 Å². The Morgan fingerprint density at radius 2 is 1.90 bits per heavy atom. The number of fused-ring (bicyclic) bond motifs is 1. The van der Waals surface area contributed by atoms with Gasteiger partial charge in [0.1, 0.15) is 5.75 Å². The van der Waals surface area contributed by atoms with Gasteiger partial charge in [0, 0.05) is 0 Å². The third kappa shape index (κ3) is 2.72. The molecule has 0 spiro atoms. The lowest BCUT2D eigenvalue weighted by atomic mass is 9.94. The van der Waals surface area contributed by atoms with E-state index >= 15 is 0 Å². The van der Waals surface area contributed by atoms with Crippen molar-refractivity contribution in [3.05, 3.63) is 42.0 Å². The van der Waals surface area contributed by atoms with E-state index in [2.05, 4.69) is 0 Å². The van der Waals surface area contributed by atoms with Gasteiger partial charge in [0.2, 0.25) is 0 Å². The summed E-state index contributed by atoms with van der Waals surface area (Å²) in [7, 11) is 2.95. The van der Waals surface area contributed by atoms with Crippen molar-refractivity contribution >= 4 is 16.7 Å². The Morgan fingerprint density at radius 3 is 2.55 bits per heavy atom. The van der Waals surface area contributed by atoms with Crippen molar-refractivity contribution in [3.63, 3.8) is 0 Å². The van der Waals surface area contributed by atoms with Crippen LogP contribution in [0.15, 0.2) is 36.4 Å². The Balaban J connectivity index is 2.44. The average Bonchev–Trinajstić information content (AvgIpc) is 2.50. The number of carbonyl (C=O) groups is 1. The maximum Gasteiger partial charge on any atom is 0.314 e. The van der Waals surface area contributed by atoms with Crippen molar-refractivity contribution in [1.29, 1.82) is 5.26 Å². The van der Waals surface area contributed by atoms with Gasteiger partial charge < -0.3 is 9.47 Å². The van der Waals surface area contributed by atoms with Gasteiger partial charge in [0.05, 0.1) is 32.6 Å². The van der Waals surface area contributed by atoms with Gasteiger partial charge in [-0.2, -0.15) is 5.26 Å². The van der Waals surface area contributed by atoms with Crippen LogP contribution in [0.1, 0.15) is 17.9 Å². The third-order valence-corrected chi connectivity index (χ3v) is 3.25. The summed E-state index contributed by atoms with van der Waals surface area (Å²) in [4.78, 5) is 11.7. The zero-order valence-corrected chi connectivity index (χ0v) is 11.4. The lowest BCUT2D eigenvalue weighted by Crippen LogP contribution is -2.13. The molecule has 20 heavy (non-hydrogen) atoms. The molecule has 0 saturated heterocycles. The summed E-state index contributed by atoms with van der Waals surface area (Å²) in [6.07, 6.45) is 0.105. The predicted molar refractivity (Wildman–Crippen MR) is 75.5 cm³/mol. The van der Waals surface area contributed by atoms with Gasteiger partial charge in [-0.1, -0.05) is 24.3 Å². The molecular formula is C16H15NO3. The number of nitrogens with zero attached hydrogens (tertiary/aromatic N) is 1. The van der Waals surface area contributed by atoms with Gasteiger partial charge in [0.15, 0.2) is 0 Å². The quantitative estimate of drug-likeness (QED) is 0.800. The first-order chi connectivity index (χ1) is 9.69. The van der Waals surface area contributed by atoms with Crippen LogP contribution < -0.4 is 4.74 Å². The van der Waals surface area contributed by atoms with Crippen LogP contribution >= 0.6 is 0 Å². The Hall–Kier alpha value is -2.54. The normalized spacial score (nSPS) is 11.7. The van der Waals surface area contributed by atoms with E-state index in [9.17, 15) is 4.79 Å². The minimum atomic E-state index is -0.545. The average molecular weight is 269 g/mol. The highest BCUT2D eigenvalue weighted by Gasteiger charge is 2.21. The summed E-state index contributed by atoms with van der Waals surface area (Å²) < 4.78 is 9.93. The molecule has 0 aliphatic rings. The number of benzene rings is 2. The minimum absolute atomic E-state index is 0.105. The minimum Gasteiger partial charge on any atom is -0.497 e. The molecule has 1 atom stereocenters. The fourth-order valence-corrected chi connectivity index (χ4v) is 2.16. The second-order valence-corrected chi connectivity index (χ2v) is 4.41. The Morgan fingerprint density at radius 1 is 1.20 bits per heavy atom. The number of methoxy groups -OCH3 is 2. The second kappa shape index (κ2) is 6.07. The molecule has 0 heterocycles. The summed E-state index contributed by atoms with van der Waals surface area (Å²) in [5, 5.41) is 10.9. The first-order valence-electron chi connectivity index (χ1n) is 6.22. The molecule has 0 radical (unpaired) electrons. The lowest BCUT2D eigenvalue weighted by molar-refractivity contribution is -0.142. The Kier molecular flexibility index (Phi) is 4.21. The van der Waals surface area contributed by atoms with Crippen molar-refractivity contribution in [2.45, 2.75) is 12.3 Å². The van der Waals surface area contributed by atoms with Gasteiger partial charge in [-0.15, -0.1) is 0 Å². The van der Waals surface area contributed by atoms with Crippen LogP contribution in [0.2, 0.25) is 0 Å². The predicted octanol–water partition coefficient (Wildman–Crippen LogP) is 3.02. The van der Waals surface area contributed by atoms with Crippen molar-refractivity contribution in [2.75, 3.05) is 14.2 Å². The Bertz CT molecular complexity index is 673. The largest absolute Gasteiger partial charge is 0.497 e. The van der Waals surface area contributed by atoms with Crippen LogP contribution in [0.3, 0.4) is 0 Å². The highest BCUT2D eigenvalue weighted by atomic mass is 16.5. The van der Waals surface area contributed by atoms with E-state index in [0.29, 0.717) is 0 Å². The lowest BCUT2D eigenvalue weighted by Gasteiger charge is -2.12. The molecular weight excluding hydrogens is 254 g/mol. The van der Waals surface area contributed by atoms with Crippen LogP contribution in [0.4, 0.5) is 0 Å². The van der Waals surface area contributed by atoms with E-state index in [-0.39, 0.29) is 12.4 Å². The van der Waals surface area contributed by atoms with Crippen LogP contribution in [-0.4, -0.2) is 20.2 Å². The second-order valence-electron chi connectivity index (χ2n) is 4.41. The topological polar surface area (TPSA) is 59.3 Å². The van der Waals surface area contributed by atoms with E-state index in [4.69, 9.17) is 14.7 Å². The van der Waals surface area contributed by atoms with Crippen LogP contribution in [0, 0.1) is 11.3 Å². The van der Waals surface area contributed by atoms with E-state index in [1.165, 1.54) is 7.11 Å². The van der Waals surface area contributed by atoms with Crippen molar-refractivity contribution < 1.29 is 14.3 Å². The van der Waals surface area contributed by atoms with E-state index in [0.717, 1.165) is 22.1 Å². The Labute approximate surface area is 117 Å². The molecule has 4 nitrogen and oxygen atoms in total. The SMILES string of the molecule is COC(=O)C(CC#N)c1ccc2cc(OC)ccc2c1. The van der Waals surface area contributed by atoms with Gasteiger partial charge in [-0.05, 0) is 28.5 Å². The first-order valence-corrected chi connectivity index (χ1v) is 6.22. The highest BCUT2D eigenvalue weighted by Crippen LogP contribution is 2.27. The molecule has 0 aliphatic carbocycles. The molecule has 2 aromatic carbocycles. The summed E-state index contributed by atoms with van der Waals surface area (Å²) >= 11 is 0. The van der Waals surface area contributed by atoms with Crippen molar-refractivity contribution in [2.24, 2.45) is 0 Å². The molecule has 0 aromatic heterocycles. The molecule has 2 aromatic rings. The molecule has 0 fully saturated rings. The fraction of sp³-hybridized carbons (Fsp3) is 0.250. The summed E-state index contributed by atoms with van der Waals surface area (Å²) in [5.74, 6) is -0.150. The standard InChI is InChI=1S/C16H15NO3/c1-19-14-6-5-11-9-13(4-3-12(11)10-14)15(7-8-17)16(18)20-2/h3-6,9-10,15H,7H2,1-2H3. The monoisotopic (exact) mass is 269 g/mol. The van der Waals surface area contributed by atoms with E-state index < -0.39 is 5.92 Å². The molecule has 0 bridgehead atoms. The first kappa shape index (κ1) is 13.9. The molecule has 0 amide bonds. The number of hydrogen-bond acceptors (Lipinski definition) is 4. The number of ether oxygens (including phenoxy) is 2. The molecule has 0 N–H and O–H groups in total. The zero-order chi connectivity index (χ0) is 14.5. The summed E-state index contributed by atoms with van der Waals surface area (Å²) in [6, 6.07) is 13.4. The number of esters is 1. The van der Waals surface area contributed by atoms with Crippen LogP contribution in [0.5, 0.6) is 5.75 Å². The number of hydrogen-bond donors (Lipinski definition) is 0. The fourth-order valence-electron chi connectivity index (χ4n) is 2.16. The molecule has 2 rings (SSSR count). The molecule has 1 unspecified atom stereocenters. The summed E-state index contributed by atoms with van der Waals surface area (Å²) in [6.45, 7) is 0. The molecule has 4 heteroatoms. The molecule has 102 valence electrons. The molecule has 0 aliphatic heterocycles. The zero-order valence-electron chi connectivity index (χ0n) is 11.4. The smallest absolute Gasteiger partial charge is 0.314 e. The number of rotatable bonds is 4. The van der Waals surface area contributed by atoms with E-state index in [1.807, 2.05) is 42.5 Å². The number of carbonyl (C=O) groups excluding carboxylic acids is 1. The highest BCUT2D eigenvalue weighted by molar-refractivity contribution is 5.87. The third-order valence-electron chi connectivity index (χ3n) is 3.25. The number of nitriles is 1. The maximum absolute atomic E-state index is 11.7. The van der Waals surface area contributed by atoms with E-state index in [1.54, 1.807) is 7.11 Å². The van der Waals surface area contributed by atoms with Crippen LogP contribution in [-0.2, 0) is 9.53 Å². The van der Waals surface area contributed by atoms with Crippen LogP contribution in [0.25, 0.3) is 10.8 Å². The van der Waals surface area contributed by atoms with Gasteiger partial charge in [-0.25, -0.2) is 0 Å². The van der Waals surface area contributed by atoms with Crippen molar-refractivity contribution in [3.8, 4) is 11.8 Å². The van der Waals surface area contributed by atoms with Crippen molar-refractivity contribution in [1.82, 2.24) is 0 Å². The summed E-state index contributed by atoms with van der Waals surface area (Å²) in [5.41, 5.74) is 0.788. The van der Waals surface area contributed by atoms with Gasteiger partial charge in [-0.3, -0.25) is 4.79 Å². The van der Waals surface area contributed by atoms with Gasteiger partial charge in [0.25, 0.3) is 0 Å².